The molecule has 4 aliphatic rings. The second-order valence-corrected chi connectivity index (χ2v) is 13.0. The van der Waals surface area contributed by atoms with Crippen LogP contribution in [0.4, 0.5) is 0 Å². The van der Waals surface area contributed by atoms with Crippen LogP contribution in [-0.2, 0) is 23.7 Å². The average molecular weight is 646 g/mol. The Morgan fingerprint density at radius 3 is 2.56 bits per heavy atom. The van der Waals surface area contributed by atoms with Crippen LogP contribution in [0.2, 0.25) is 0 Å². The third-order valence-electron chi connectivity index (χ3n) is 9.24. The summed E-state index contributed by atoms with van der Waals surface area (Å²) in [5.74, 6) is 0.580. The molecule has 0 radical (unpaired) electrons. The van der Waals surface area contributed by atoms with Crippen molar-refractivity contribution >= 4 is 5.91 Å². The maximum atomic E-state index is 12.8. The zero-order valence-corrected chi connectivity index (χ0v) is 26.3. The van der Waals surface area contributed by atoms with Crippen molar-refractivity contribution in [3.63, 3.8) is 0 Å². The fourth-order valence-electron chi connectivity index (χ4n) is 6.57. The lowest BCUT2D eigenvalue weighted by Gasteiger charge is -2.49. The molecule has 0 aromatic rings. The second-order valence-electron chi connectivity index (χ2n) is 13.0. The summed E-state index contributed by atoms with van der Waals surface area (Å²) in [6.07, 6.45) is -3.75. The molecule has 2 saturated heterocycles. The van der Waals surface area contributed by atoms with Gasteiger partial charge < -0.3 is 77.8 Å². The van der Waals surface area contributed by atoms with E-state index in [1.54, 1.807) is 7.05 Å². The van der Waals surface area contributed by atoms with Crippen LogP contribution >= 0.6 is 0 Å². The van der Waals surface area contributed by atoms with Gasteiger partial charge in [0.2, 0.25) is 12.2 Å². The van der Waals surface area contributed by atoms with Gasteiger partial charge in [-0.25, -0.2) is 0 Å². The highest BCUT2D eigenvalue weighted by atomic mass is 16.7. The molecular weight excluding hydrogens is 590 g/mol. The number of rotatable bonds is 13. The molecule has 260 valence electrons. The van der Waals surface area contributed by atoms with Crippen molar-refractivity contribution in [1.29, 1.82) is 0 Å². The molecule has 0 spiro atoms. The molecule has 3 aliphatic heterocycles. The van der Waals surface area contributed by atoms with Gasteiger partial charge in [-0.2, -0.15) is 0 Å². The Hall–Kier alpha value is -1.51. The zero-order valence-electron chi connectivity index (χ0n) is 26.3. The number of ether oxygens (including phenoxy) is 4. The molecule has 0 aromatic heterocycles. The van der Waals surface area contributed by atoms with Crippen molar-refractivity contribution in [3.05, 3.63) is 11.8 Å². The molecule has 16 heteroatoms. The molecule has 12 atom stereocenters. The normalized spacial score (nSPS) is 40.3. The number of aliphatic hydroxyl groups is 4. The smallest absolute Gasteiger partial charge is 0.249 e. The van der Waals surface area contributed by atoms with Crippen molar-refractivity contribution in [2.45, 2.75) is 112 Å². The first-order chi connectivity index (χ1) is 21.4. The Morgan fingerprint density at radius 2 is 1.87 bits per heavy atom. The summed E-state index contributed by atoms with van der Waals surface area (Å²) in [5.41, 5.74) is 17.0. The highest BCUT2D eigenvalue weighted by molar-refractivity contribution is 5.80. The number of nitrogens with two attached hydrogens (primary N) is 3. The van der Waals surface area contributed by atoms with Crippen LogP contribution in [0.3, 0.4) is 0 Å². The number of hydrogen-bond acceptors (Lipinski definition) is 15. The third-order valence-corrected chi connectivity index (χ3v) is 9.24. The highest BCUT2D eigenvalue weighted by Crippen LogP contribution is 2.32. The maximum Gasteiger partial charge on any atom is 0.249 e. The molecule has 1 saturated carbocycles. The van der Waals surface area contributed by atoms with Crippen LogP contribution in [0.15, 0.2) is 11.8 Å². The lowest BCUT2D eigenvalue weighted by atomic mass is 9.83. The minimum Gasteiger partial charge on any atom is -0.467 e. The van der Waals surface area contributed by atoms with E-state index < -0.39 is 78.8 Å². The van der Waals surface area contributed by atoms with Gasteiger partial charge in [0.15, 0.2) is 6.29 Å². The van der Waals surface area contributed by atoms with Crippen molar-refractivity contribution < 1.29 is 44.2 Å². The second kappa shape index (κ2) is 16.5. The van der Waals surface area contributed by atoms with E-state index in [1.807, 2.05) is 6.08 Å². The lowest BCUT2D eigenvalue weighted by molar-refractivity contribution is -0.304. The summed E-state index contributed by atoms with van der Waals surface area (Å²) >= 11 is 0. The number of carbonyl (C=O) groups excluding carboxylic acids is 1. The van der Waals surface area contributed by atoms with Crippen LogP contribution in [0.1, 0.15) is 39.0 Å². The molecule has 3 heterocycles. The van der Waals surface area contributed by atoms with Gasteiger partial charge in [-0.1, -0.05) is 0 Å². The van der Waals surface area contributed by atoms with E-state index in [-0.39, 0.29) is 26.0 Å². The van der Waals surface area contributed by atoms with Gasteiger partial charge in [0, 0.05) is 6.04 Å². The average Bonchev–Trinajstić information content (AvgIpc) is 3.00. The Kier molecular flexibility index (Phi) is 13.4. The Morgan fingerprint density at radius 1 is 1.16 bits per heavy atom. The van der Waals surface area contributed by atoms with Gasteiger partial charge in [0.1, 0.15) is 41.9 Å². The fourth-order valence-corrected chi connectivity index (χ4v) is 6.57. The summed E-state index contributed by atoms with van der Waals surface area (Å²) in [5, 5.41) is 55.9. The van der Waals surface area contributed by atoms with E-state index in [4.69, 9.17) is 36.1 Å². The molecule has 16 nitrogen and oxygen atoms in total. The van der Waals surface area contributed by atoms with Crippen LogP contribution in [0.25, 0.3) is 0 Å². The van der Waals surface area contributed by atoms with Crippen molar-refractivity contribution in [1.82, 2.24) is 21.3 Å². The standard InChI is InChI=1S/C29H55N7O9/c1-29(41)14-42-28(22(39)25(29)33-2)45-24-19(36-26(40)20(37)5-8-30)11-18(32)23(21(24)38)44-27-17(31)4-3-16(43-27)13-35-12-15-6-9-34-10-7-15/h3,15,17-25,27-28,33-35,37-39,41H,4-14,30-32H2,1-2H3,(H,36,40)/t17-,18+,19-,20-,21+,22-,23-,24+,25-,27-,28+,29+/m1/s1. The molecule has 0 aromatic carbocycles. The van der Waals surface area contributed by atoms with Gasteiger partial charge >= 0.3 is 0 Å². The van der Waals surface area contributed by atoms with E-state index in [1.165, 1.54) is 6.92 Å². The number of piperidine rings is 1. The van der Waals surface area contributed by atoms with E-state index >= 15 is 0 Å². The van der Waals surface area contributed by atoms with Crippen LogP contribution < -0.4 is 38.5 Å². The van der Waals surface area contributed by atoms with E-state index in [0.29, 0.717) is 24.6 Å². The van der Waals surface area contributed by atoms with Gasteiger partial charge in [-0.15, -0.1) is 0 Å². The molecule has 4 rings (SSSR count). The summed E-state index contributed by atoms with van der Waals surface area (Å²) in [7, 11) is 1.59. The Labute approximate surface area is 264 Å². The largest absolute Gasteiger partial charge is 0.467 e. The molecule has 3 fully saturated rings. The number of amides is 1. The Balaban J connectivity index is 1.44. The molecule has 0 bridgehead atoms. The summed E-state index contributed by atoms with van der Waals surface area (Å²) in [6, 6.07) is -3.02. The number of nitrogens with one attached hydrogen (secondary N) is 4. The van der Waals surface area contributed by atoms with Gasteiger partial charge in [0.25, 0.3) is 0 Å². The first-order valence-corrected chi connectivity index (χ1v) is 16.1. The topological polar surface area (TPSA) is 261 Å². The van der Waals surface area contributed by atoms with Crippen molar-refractivity contribution in [2.24, 2.45) is 23.1 Å². The van der Waals surface area contributed by atoms with Gasteiger partial charge in [-0.3, -0.25) is 4.79 Å². The molecule has 14 N–H and O–H groups in total. The van der Waals surface area contributed by atoms with Crippen LogP contribution in [0, 0.1) is 5.92 Å². The maximum absolute atomic E-state index is 12.8. The molecule has 1 aliphatic carbocycles. The minimum atomic E-state index is -1.43. The SMILES string of the molecule is CN[C@@H]1[C@@H](O)[C@H](O[C@@H]2[C@@H](O)[C@H](O[C@H]3OC(CNCC4CCNCC4)=CC[C@H]3N)[C@@H](N)C[C@H]2NC(=O)[C@H](O)CCN)OC[C@]1(C)O. The number of likely N-dealkylation sites (N-methyl/N-ethyl adjacent to an activating group) is 1. The van der Waals surface area contributed by atoms with Crippen LogP contribution in [-0.4, -0.2) is 146 Å². The van der Waals surface area contributed by atoms with E-state index in [0.717, 1.165) is 32.5 Å². The predicted molar refractivity (Wildman–Crippen MR) is 163 cm³/mol. The molecule has 0 unspecified atom stereocenters. The minimum absolute atomic E-state index is 0.0350. The summed E-state index contributed by atoms with van der Waals surface area (Å²) in [6.45, 7) is 4.87. The number of hydrogen-bond donors (Lipinski definition) is 11. The van der Waals surface area contributed by atoms with E-state index in [9.17, 15) is 25.2 Å². The number of aliphatic hydroxyl groups excluding tert-OH is 3. The predicted octanol–water partition coefficient (Wildman–Crippen LogP) is -4.35. The van der Waals surface area contributed by atoms with Gasteiger partial charge in [0.05, 0.1) is 31.3 Å². The molecule has 1 amide bonds. The van der Waals surface area contributed by atoms with Gasteiger partial charge in [-0.05, 0) is 84.2 Å². The first-order valence-electron chi connectivity index (χ1n) is 16.1. The lowest BCUT2D eigenvalue weighted by Crippen LogP contribution is -2.69. The first kappa shape index (κ1) is 36.3. The third kappa shape index (κ3) is 9.31. The Bertz CT molecular complexity index is 972. The highest BCUT2D eigenvalue weighted by Gasteiger charge is 2.52. The number of carbonyl (C=O) groups is 1. The molecule has 45 heavy (non-hydrogen) atoms. The molecular formula is C29H55N7O9. The zero-order chi connectivity index (χ0) is 32.7. The van der Waals surface area contributed by atoms with Crippen molar-refractivity contribution in [3.8, 4) is 0 Å². The summed E-state index contributed by atoms with van der Waals surface area (Å²) in [4.78, 5) is 12.8. The fraction of sp³-hybridized carbons (Fsp3) is 0.897. The van der Waals surface area contributed by atoms with Crippen LogP contribution in [0.5, 0.6) is 0 Å². The van der Waals surface area contributed by atoms with E-state index in [2.05, 4.69) is 21.3 Å². The quantitative estimate of drug-likeness (QED) is 0.0904. The van der Waals surface area contributed by atoms with Crippen molar-refractivity contribution in [2.75, 3.05) is 46.4 Å². The monoisotopic (exact) mass is 645 g/mol. The summed E-state index contributed by atoms with van der Waals surface area (Å²) < 4.78 is 24.2.